The summed E-state index contributed by atoms with van der Waals surface area (Å²) in [5.74, 6) is 1.54. The van der Waals surface area contributed by atoms with E-state index in [4.69, 9.17) is 9.47 Å². The molecule has 1 aromatic heterocycles. The van der Waals surface area contributed by atoms with Crippen LogP contribution < -0.4 is 14.8 Å². The molecule has 6 heteroatoms. The smallest absolute Gasteiger partial charge is 0.161 e. The van der Waals surface area contributed by atoms with Gasteiger partial charge in [0.05, 0.1) is 16.9 Å². The van der Waals surface area contributed by atoms with Crippen molar-refractivity contribution >= 4 is 27.3 Å². The maximum absolute atomic E-state index is 6.05. The lowest BCUT2D eigenvalue weighted by Crippen LogP contribution is -2.45. The minimum Gasteiger partial charge on any atom is -0.493 e. The van der Waals surface area contributed by atoms with Crippen LogP contribution in [0.2, 0.25) is 0 Å². The molecule has 29 heavy (non-hydrogen) atoms. The summed E-state index contributed by atoms with van der Waals surface area (Å²) < 4.78 is 12.9. The molecule has 0 bridgehead atoms. The minimum absolute atomic E-state index is 0.213. The molecule has 2 heterocycles. The summed E-state index contributed by atoms with van der Waals surface area (Å²) in [5, 5.41) is 3.45. The van der Waals surface area contributed by atoms with E-state index in [1.54, 1.807) is 18.4 Å². The number of halogens is 1. The SMILES string of the molecule is COc1cc(C(c2ccc(Br)s2)N2CCNCC2)ccc1OCc1ccccc1. The first-order valence-electron chi connectivity index (χ1n) is 9.79. The topological polar surface area (TPSA) is 33.7 Å². The Hall–Kier alpha value is -1.86. The van der Waals surface area contributed by atoms with Crippen LogP contribution in [-0.4, -0.2) is 38.2 Å². The molecule has 1 atom stereocenters. The number of hydrogen-bond acceptors (Lipinski definition) is 5. The van der Waals surface area contributed by atoms with Crippen LogP contribution in [-0.2, 0) is 6.61 Å². The molecule has 3 aromatic rings. The highest BCUT2D eigenvalue weighted by Gasteiger charge is 2.26. The number of methoxy groups -OCH3 is 1. The summed E-state index contributed by atoms with van der Waals surface area (Å²) in [5.41, 5.74) is 2.37. The lowest BCUT2D eigenvalue weighted by molar-refractivity contribution is 0.200. The largest absolute Gasteiger partial charge is 0.493 e. The zero-order valence-electron chi connectivity index (χ0n) is 16.4. The van der Waals surface area contributed by atoms with Gasteiger partial charge in [0.15, 0.2) is 11.5 Å². The molecule has 0 aliphatic carbocycles. The molecule has 0 radical (unpaired) electrons. The molecule has 1 aliphatic heterocycles. The van der Waals surface area contributed by atoms with Crippen LogP contribution in [0.5, 0.6) is 11.5 Å². The van der Waals surface area contributed by atoms with E-state index in [1.807, 2.05) is 24.3 Å². The Morgan fingerprint density at radius 3 is 2.52 bits per heavy atom. The number of hydrogen-bond donors (Lipinski definition) is 1. The van der Waals surface area contributed by atoms with Crippen molar-refractivity contribution in [1.82, 2.24) is 10.2 Å². The summed E-state index contributed by atoms with van der Waals surface area (Å²) in [6.45, 7) is 4.59. The van der Waals surface area contributed by atoms with E-state index in [-0.39, 0.29) is 6.04 Å². The second-order valence-electron chi connectivity index (χ2n) is 7.01. The number of ether oxygens (including phenoxy) is 2. The molecule has 0 saturated carbocycles. The fourth-order valence-electron chi connectivity index (χ4n) is 3.68. The zero-order chi connectivity index (χ0) is 20.1. The summed E-state index contributed by atoms with van der Waals surface area (Å²) in [6, 6.07) is 21.1. The van der Waals surface area contributed by atoms with Crippen molar-refractivity contribution in [2.75, 3.05) is 33.3 Å². The van der Waals surface area contributed by atoms with Crippen LogP contribution in [0.25, 0.3) is 0 Å². The number of nitrogens with zero attached hydrogens (tertiary/aromatic N) is 1. The monoisotopic (exact) mass is 472 g/mol. The predicted molar refractivity (Wildman–Crippen MR) is 122 cm³/mol. The summed E-state index contributed by atoms with van der Waals surface area (Å²) in [6.07, 6.45) is 0. The van der Waals surface area contributed by atoms with Gasteiger partial charge in [-0.25, -0.2) is 0 Å². The van der Waals surface area contributed by atoms with E-state index >= 15 is 0 Å². The Balaban J connectivity index is 1.60. The number of thiophene rings is 1. The maximum Gasteiger partial charge on any atom is 0.161 e. The molecule has 2 aromatic carbocycles. The lowest BCUT2D eigenvalue weighted by atomic mass is 10.0. The highest BCUT2D eigenvalue weighted by Crippen LogP contribution is 2.39. The molecular weight excluding hydrogens is 448 g/mol. The Bertz CT molecular complexity index is 926. The van der Waals surface area contributed by atoms with E-state index in [9.17, 15) is 0 Å². The number of benzene rings is 2. The third-order valence-corrected chi connectivity index (χ3v) is 6.80. The fraction of sp³-hybridized carbons (Fsp3) is 0.304. The van der Waals surface area contributed by atoms with Gasteiger partial charge in [0.25, 0.3) is 0 Å². The van der Waals surface area contributed by atoms with Gasteiger partial charge in [-0.15, -0.1) is 11.3 Å². The normalized spacial score (nSPS) is 15.8. The number of piperazine rings is 1. The minimum atomic E-state index is 0.213. The molecule has 1 unspecified atom stereocenters. The zero-order valence-corrected chi connectivity index (χ0v) is 18.8. The van der Waals surface area contributed by atoms with Gasteiger partial charge in [-0.1, -0.05) is 36.4 Å². The Morgan fingerprint density at radius 2 is 1.83 bits per heavy atom. The van der Waals surface area contributed by atoms with Gasteiger partial charge in [0.2, 0.25) is 0 Å². The van der Waals surface area contributed by atoms with Gasteiger partial charge in [0, 0.05) is 31.1 Å². The van der Waals surface area contributed by atoms with Crippen molar-refractivity contribution in [3.05, 3.63) is 80.5 Å². The first-order valence-corrected chi connectivity index (χ1v) is 11.4. The maximum atomic E-state index is 6.05. The van der Waals surface area contributed by atoms with E-state index < -0.39 is 0 Å². The van der Waals surface area contributed by atoms with Gasteiger partial charge >= 0.3 is 0 Å². The molecule has 0 spiro atoms. The average Bonchev–Trinajstić information content (AvgIpc) is 3.20. The first kappa shape index (κ1) is 20.4. The van der Waals surface area contributed by atoms with Crippen molar-refractivity contribution in [2.24, 2.45) is 0 Å². The summed E-state index contributed by atoms with van der Waals surface area (Å²) >= 11 is 5.41. The van der Waals surface area contributed by atoms with Crippen LogP contribution in [0, 0.1) is 0 Å². The van der Waals surface area contributed by atoms with E-state index in [2.05, 4.69) is 62.5 Å². The first-order chi connectivity index (χ1) is 14.2. The van der Waals surface area contributed by atoms with Crippen molar-refractivity contribution < 1.29 is 9.47 Å². The Labute approximate surface area is 184 Å². The second kappa shape index (κ2) is 9.76. The van der Waals surface area contributed by atoms with Gasteiger partial charge in [-0.05, 0) is 51.3 Å². The predicted octanol–water partition coefficient (Wildman–Crippen LogP) is 5.09. The second-order valence-corrected chi connectivity index (χ2v) is 9.51. The molecule has 0 amide bonds. The Morgan fingerprint density at radius 1 is 1.03 bits per heavy atom. The fourth-order valence-corrected chi connectivity index (χ4v) is 5.27. The third kappa shape index (κ3) is 5.01. The van der Waals surface area contributed by atoms with Crippen molar-refractivity contribution in [3.63, 3.8) is 0 Å². The van der Waals surface area contributed by atoms with Crippen molar-refractivity contribution in [2.45, 2.75) is 12.6 Å². The van der Waals surface area contributed by atoms with E-state index in [1.165, 1.54) is 10.4 Å². The third-order valence-electron chi connectivity index (χ3n) is 5.12. The van der Waals surface area contributed by atoms with Gasteiger partial charge in [-0.2, -0.15) is 0 Å². The standard InChI is InChI=1S/C23H25BrN2O2S/c1-27-20-15-18(7-8-19(20)28-16-17-5-3-2-4-6-17)23(21-9-10-22(24)29-21)26-13-11-25-12-14-26/h2-10,15,23,25H,11-14,16H2,1H3. The molecule has 1 N–H and O–H groups in total. The van der Waals surface area contributed by atoms with E-state index in [0.29, 0.717) is 6.61 Å². The van der Waals surface area contributed by atoms with Crippen LogP contribution in [0.15, 0.2) is 64.5 Å². The quantitative estimate of drug-likeness (QED) is 0.518. The molecule has 1 saturated heterocycles. The number of nitrogens with one attached hydrogen (secondary N) is 1. The molecule has 4 nitrogen and oxygen atoms in total. The van der Waals surface area contributed by atoms with Gasteiger partial charge in [-0.3, -0.25) is 4.90 Å². The highest BCUT2D eigenvalue weighted by atomic mass is 79.9. The van der Waals surface area contributed by atoms with E-state index in [0.717, 1.165) is 47.0 Å². The molecule has 152 valence electrons. The molecular formula is C23H25BrN2O2S. The van der Waals surface area contributed by atoms with Gasteiger partial charge < -0.3 is 14.8 Å². The Kier molecular flexibility index (Phi) is 6.87. The van der Waals surface area contributed by atoms with Crippen molar-refractivity contribution in [3.8, 4) is 11.5 Å². The number of rotatable bonds is 7. The lowest BCUT2D eigenvalue weighted by Gasteiger charge is -2.35. The average molecular weight is 473 g/mol. The molecule has 4 rings (SSSR count). The summed E-state index contributed by atoms with van der Waals surface area (Å²) in [4.78, 5) is 3.87. The van der Waals surface area contributed by atoms with Crippen molar-refractivity contribution in [1.29, 1.82) is 0 Å². The molecule has 1 fully saturated rings. The van der Waals surface area contributed by atoms with Gasteiger partial charge in [0.1, 0.15) is 6.61 Å². The highest BCUT2D eigenvalue weighted by molar-refractivity contribution is 9.11. The van der Waals surface area contributed by atoms with Crippen LogP contribution >= 0.6 is 27.3 Å². The van der Waals surface area contributed by atoms with Crippen LogP contribution in [0.1, 0.15) is 22.0 Å². The summed E-state index contributed by atoms with van der Waals surface area (Å²) in [7, 11) is 1.70. The molecule has 1 aliphatic rings. The van der Waals surface area contributed by atoms with Crippen LogP contribution in [0.4, 0.5) is 0 Å². The van der Waals surface area contributed by atoms with Crippen LogP contribution in [0.3, 0.4) is 0 Å².